The van der Waals surface area contributed by atoms with Crippen LogP contribution in [0.15, 0.2) is 18.2 Å². The first kappa shape index (κ1) is 11.4. The molecule has 88 valence electrons. The Balaban J connectivity index is 2.24. The minimum Gasteiger partial charge on any atom is -0.494 e. The molecule has 0 amide bonds. The van der Waals surface area contributed by atoms with Crippen LogP contribution in [0.25, 0.3) is 0 Å². The third-order valence-corrected chi connectivity index (χ3v) is 3.40. The van der Waals surface area contributed by atoms with E-state index in [1.807, 2.05) is 6.92 Å². The fraction of sp³-hybridized carbons (Fsp3) is 0.538. The van der Waals surface area contributed by atoms with Gasteiger partial charge in [-0.2, -0.15) is 0 Å². The molecule has 1 aromatic carbocycles. The molecule has 2 rings (SSSR count). The molecule has 2 unspecified atom stereocenters. The third kappa shape index (κ3) is 2.05. The van der Waals surface area contributed by atoms with Crippen molar-refractivity contribution < 1.29 is 14.2 Å². The van der Waals surface area contributed by atoms with Gasteiger partial charge in [-0.05, 0) is 30.7 Å². The summed E-state index contributed by atoms with van der Waals surface area (Å²) in [4.78, 5) is 0. The summed E-state index contributed by atoms with van der Waals surface area (Å²) in [6, 6.07) is 4.90. The normalized spacial score (nSPS) is 19.2. The number of hydrogen-bond acceptors (Lipinski definition) is 2. The first-order chi connectivity index (χ1) is 7.65. The zero-order valence-corrected chi connectivity index (χ0v) is 9.61. The van der Waals surface area contributed by atoms with Crippen LogP contribution in [0, 0.1) is 17.7 Å². The summed E-state index contributed by atoms with van der Waals surface area (Å²) in [5.41, 5.74) is 0.346. The highest BCUT2D eigenvalue weighted by molar-refractivity contribution is 5.32. The van der Waals surface area contributed by atoms with Gasteiger partial charge in [-0.1, -0.05) is 19.1 Å². The molecule has 16 heavy (non-hydrogen) atoms. The minimum atomic E-state index is -0.734. The van der Waals surface area contributed by atoms with Gasteiger partial charge < -0.3 is 9.84 Å². The molecular formula is C13H17FO2. The Kier molecular flexibility index (Phi) is 3.15. The van der Waals surface area contributed by atoms with E-state index < -0.39 is 11.9 Å². The van der Waals surface area contributed by atoms with E-state index in [1.165, 1.54) is 7.11 Å². The van der Waals surface area contributed by atoms with Gasteiger partial charge in [0, 0.05) is 5.56 Å². The van der Waals surface area contributed by atoms with E-state index in [4.69, 9.17) is 4.74 Å². The number of ether oxygens (including phenoxy) is 1. The minimum absolute atomic E-state index is 0.113. The number of aliphatic hydroxyl groups excluding tert-OH is 1. The average molecular weight is 224 g/mol. The molecule has 0 bridgehead atoms. The van der Waals surface area contributed by atoms with Crippen molar-refractivity contribution in [2.45, 2.75) is 25.9 Å². The number of halogens is 1. The molecule has 3 heteroatoms. The Morgan fingerprint density at radius 1 is 1.44 bits per heavy atom. The van der Waals surface area contributed by atoms with Crippen molar-refractivity contribution in [3.63, 3.8) is 0 Å². The molecule has 1 aromatic rings. The summed E-state index contributed by atoms with van der Waals surface area (Å²) in [6.45, 7) is 1.97. The highest BCUT2D eigenvalue weighted by Crippen LogP contribution is 2.43. The van der Waals surface area contributed by atoms with E-state index in [9.17, 15) is 9.50 Å². The number of rotatable bonds is 4. The zero-order valence-electron chi connectivity index (χ0n) is 9.61. The van der Waals surface area contributed by atoms with Gasteiger partial charge in [-0.25, -0.2) is 4.39 Å². The maximum Gasteiger partial charge on any atom is 0.170 e. The van der Waals surface area contributed by atoms with Crippen LogP contribution in [-0.4, -0.2) is 12.2 Å². The van der Waals surface area contributed by atoms with Crippen molar-refractivity contribution in [1.82, 2.24) is 0 Å². The monoisotopic (exact) mass is 224 g/mol. The number of methoxy groups -OCH3 is 1. The third-order valence-electron chi connectivity index (χ3n) is 3.40. The van der Waals surface area contributed by atoms with Crippen LogP contribution in [-0.2, 0) is 0 Å². The van der Waals surface area contributed by atoms with E-state index in [2.05, 4.69) is 0 Å². The zero-order chi connectivity index (χ0) is 11.7. The number of aliphatic hydroxyl groups is 1. The molecule has 0 radical (unpaired) electrons. The molecule has 0 saturated heterocycles. The van der Waals surface area contributed by atoms with Gasteiger partial charge in [0.05, 0.1) is 13.2 Å². The largest absolute Gasteiger partial charge is 0.494 e. The van der Waals surface area contributed by atoms with Gasteiger partial charge in [-0.15, -0.1) is 0 Å². The van der Waals surface area contributed by atoms with E-state index in [0.717, 1.165) is 12.8 Å². The van der Waals surface area contributed by atoms with Crippen molar-refractivity contribution in [2.75, 3.05) is 7.11 Å². The summed E-state index contributed by atoms with van der Waals surface area (Å²) in [6.07, 6.45) is 1.55. The molecule has 1 saturated carbocycles. The second-order valence-electron chi connectivity index (χ2n) is 4.50. The molecule has 1 aliphatic rings. The van der Waals surface area contributed by atoms with Crippen LogP contribution >= 0.6 is 0 Å². The number of benzene rings is 1. The van der Waals surface area contributed by atoms with E-state index in [0.29, 0.717) is 11.5 Å². The second kappa shape index (κ2) is 4.42. The molecule has 0 aromatic heterocycles. The van der Waals surface area contributed by atoms with Crippen LogP contribution < -0.4 is 4.74 Å². The second-order valence-corrected chi connectivity index (χ2v) is 4.50. The quantitative estimate of drug-likeness (QED) is 0.852. The molecular weight excluding hydrogens is 207 g/mol. The predicted molar refractivity (Wildman–Crippen MR) is 59.8 cm³/mol. The van der Waals surface area contributed by atoms with Crippen LogP contribution in [0.3, 0.4) is 0 Å². The van der Waals surface area contributed by atoms with Crippen molar-refractivity contribution in [3.05, 3.63) is 29.6 Å². The molecule has 1 aliphatic carbocycles. The van der Waals surface area contributed by atoms with Gasteiger partial charge in [0.2, 0.25) is 0 Å². The highest BCUT2D eigenvalue weighted by Gasteiger charge is 2.34. The molecule has 1 N–H and O–H groups in total. The molecule has 0 aliphatic heterocycles. The van der Waals surface area contributed by atoms with Gasteiger partial charge in [-0.3, -0.25) is 0 Å². The summed E-state index contributed by atoms with van der Waals surface area (Å²) in [5.74, 6) is 0.409. The van der Waals surface area contributed by atoms with Crippen molar-refractivity contribution >= 4 is 0 Å². The van der Waals surface area contributed by atoms with Gasteiger partial charge in [0.1, 0.15) is 0 Å². The highest BCUT2D eigenvalue weighted by atomic mass is 19.1. The van der Waals surface area contributed by atoms with Crippen LogP contribution in [0.1, 0.15) is 31.4 Å². The number of hydrogen-bond donors (Lipinski definition) is 1. The van der Waals surface area contributed by atoms with Crippen molar-refractivity contribution in [3.8, 4) is 5.75 Å². The maximum absolute atomic E-state index is 13.9. The fourth-order valence-electron chi connectivity index (χ4n) is 2.08. The lowest BCUT2D eigenvalue weighted by Gasteiger charge is -2.19. The smallest absolute Gasteiger partial charge is 0.170 e. The lowest BCUT2D eigenvalue weighted by Crippen LogP contribution is -2.13. The van der Waals surface area contributed by atoms with Gasteiger partial charge in [0.15, 0.2) is 11.6 Å². The lowest BCUT2D eigenvalue weighted by atomic mass is 9.93. The average Bonchev–Trinajstić information content (AvgIpc) is 3.11. The Hall–Kier alpha value is -1.09. The molecule has 2 atom stereocenters. The first-order valence-electron chi connectivity index (χ1n) is 5.65. The Morgan fingerprint density at radius 3 is 2.69 bits per heavy atom. The van der Waals surface area contributed by atoms with Gasteiger partial charge >= 0.3 is 0 Å². The van der Waals surface area contributed by atoms with E-state index in [1.54, 1.807) is 18.2 Å². The SMILES string of the molecule is COc1cccc(C(O)C(C)C2CC2)c1F. The Labute approximate surface area is 95.1 Å². The Bertz CT molecular complexity index is 374. The van der Waals surface area contributed by atoms with Crippen LogP contribution in [0.2, 0.25) is 0 Å². The maximum atomic E-state index is 13.9. The molecule has 0 heterocycles. The summed E-state index contributed by atoms with van der Waals surface area (Å²) < 4.78 is 18.8. The van der Waals surface area contributed by atoms with Crippen molar-refractivity contribution in [1.29, 1.82) is 0 Å². The molecule has 2 nitrogen and oxygen atoms in total. The predicted octanol–water partition coefficient (Wildman–Crippen LogP) is 2.91. The Morgan fingerprint density at radius 2 is 2.12 bits per heavy atom. The van der Waals surface area contributed by atoms with Crippen LogP contribution in [0.5, 0.6) is 5.75 Å². The standard InChI is InChI=1S/C13H17FO2/c1-8(9-6-7-9)13(15)10-4-3-5-11(16-2)12(10)14/h3-5,8-9,13,15H,6-7H2,1-2H3. The van der Waals surface area contributed by atoms with E-state index >= 15 is 0 Å². The first-order valence-corrected chi connectivity index (χ1v) is 5.65. The van der Waals surface area contributed by atoms with E-state index in [-0.39, 0.29) is 11.7 Å². The summed E-state index contributed by atoms with van der Waals surface area (Å²) in [5, 5.41) is 10.1. The topological polar surface area (TPSA) is 29.5 Å². The van der Waals surface area contributed by atoms with Crippen LogP contribution in [0.4, 0.5) is 4.39 Å². The fourth-order valence-corrected chi connectivity index (χ4v) is 2.08. The molecule has 1 fully saturated rings. The van der Waals surface area contributed by atoms with Crippen molar-refractivity contribution in [2.24, 2.45) is 11.8 Å². The lowest BCUT2D eigenvalue weighted by molar-refractivity contribution is 0.101. The molecule has 0 spiro atoms. The van der Waals surface area contributed by atoms with Gasteiger partial charge in [0.25, 0.3) is 0 Å². The summed E-state index contributed by atoms with van der Waals surface area (Å²) >= 11 is 0. The summed E-state index contributed by atoms with van der Waals surface area (Å²) in [7, 11) is 1.43.